The third-order valence-electron chi connectivity index (χ3n) is 4.65. The quantitative estimate of drug-likeness (QED) is 0.432. The van der Waals surface area contributed by atoms with Gasteiger partial charge in [0.1, 0.15) is 29.4 Å². The molecule has 0 atom stereocenters. The molecule has 3 aromatic carbocycles. The zero-order valence-electron chi connectivity index (χ0n) is 16.2. The van der Waals surface area contributed by atoms with Gasteiger partial charge in [-0.1, -0.05) is 42.5 Å². The summed E-state index contributed by atoms with van der Waals surface area (Å²) in [4.78, 5) is 12.1. The maximum Gasteiger partial charge on any atom is 0.336 e. The predicted molar refractivity (Wildman–Crippen MR) is 112 cm³/mol. The summed E-state index contributed by atoms with van der Waals surface area (Å²) in [5.41, 5.74) is 2.66. The first-order chi connectivity index (χ1) is 14.2. The number of fused-ring (bicyclic) bond motifs is 1. The van der Waals surface area contributed by atoms with Crippen molar-refractivity contribution in [3.05, 3.63) is 88.8 Å². The zero-order chi connectivity index (χ0) is 20.2. The van der Waals surface area contributed by atoms with Gasteiger partial charge in [-0.15, -0.1) is 0 Å². The first-order valence-corrected chi connectivity index (χ1v) is 9.15. The molecule has 4 aromatic rings. The first-order valence-electron chi connectivity index (χ1n) is 9.15. The van der Waals surface area contributed by atoms with Crippen molar-refractivity contribution in [2.45, 2.75) is 6.61 Å². The van der Waals surface area contributed by atoms with Gasteiger partial charge in [-0.05, 0) is 23.3 Å². The second-order valence-corrected chi connectivity index (χ2v) is 6.48. The molecule has 5 nitrogen and oxygen atoms in total. The van der Waals surface area contributed by atoms with E-state index < -0.39 is 5.63 Å². The van der Waals surface area contributed by atoms with Gasteiger partial charge in [-0.2, -0.15) is 0 Å². The molecule has 1 heterocycles. The molecule has 0 fully saturated rings. The van der Waals surface area contributed by atoms with E-state index in [-0.39, 0.29) is 0 Å². The number of hydrogen-bond donors (Lipinski definition) is 0. The standard InChI is InChI=1S/C24H20O5/c1-26-19-12-21(27-2)24-20(14-23(25)29-22(24)13-19)17-8-10-18(11-9-17)28-15-16-6-4-3-5-7-16/h3-14H,15H2,1-2H3. The van der Waals surface area contributed by atoms with E-state index in [2.05, 4.69) is 0 Å². The van der Waals surface area contributed by atoms with Crippen molar-refractivity contribution < 1.29 is 18.6 Å². The lowest BCUT2D eigenvalue weighted by molar-refractivity contribution is 0.306. The summed E-state index contributed by atoms with van der Waals surface area (Å²) in [6.45, 7) is 0.492. The predicted octanol–water partition coefficient (Wildman–Crippen LogP) is 5.06. The second-order valence-electron chi connectivity index (χ2n) is 6.48. The first kappa shape index (κ1) is 18.6. The third-order valence-corrected chi connectivity index (χ3v) is 4.65. The Morgan fingerprint density at radius 1 is 0.828 bits per heavy atom. The Hall–Kier alpha value is -3.73. The highest BCUT2D eigenvalue weighted by Gasteiger charge is 2.15. The van der Waals surface area contributed by atoms with Crippen molar-refractivity contribution >= 4 is 11.0 Å². The largest absolute Gasteiger partial charge is 0.496 e. The van der Waals surface area contributed by atoms with Crippen LogP contribution in [-0.2, 0) is 6.61 Å². The van der Waals surface area contributed by atoms with Crippen molar-refractivity contribution in [2.24, 2.45) is 0 Å². The zero-order valence-corrected chi connectivity index (χ0v) is 16.2. The number of benzene rings is 3. The van der Waals surface area contributed by atoms with E-state index in [4.69, 9.17) is 18.6 Å². The molecule has 0 aliphatic rings. The minimum atomic E-state index is -0.438. The van der Waals surface area contributed by atoms with E-state index >= 15 is 0 Å². The molecule has 146 valence electrons. The fourth-order valence-corrected chi connectivity index (χ4v) is 3.22. The normalized spacial score (nSPS) is 10.7. The molecule has 4 rings (SSSR count). The van der Waals surface area contributed by atoms with Crippen LogP contribution in [0, 0.1) is 0 Å². The molecule has 0 aliphatic carbocycles. The van der Waals surface area contributed by atoms with Crippen molar-refractivity contribution in [1.29, 1.82) is 0 Å². The molecule has 5 heteroatoms. The van der Waals surface area contributed by atoms with Crippen molar-refractivity contribution in [3.63, 3.8) is 0 Å². The van der Waals surface area contributed by atoms with Gasteiger partial charge in [-0.25, -0.2) is 4.79 Å². The Morgan fingerprint density at radius 2 is 1.59 bits per heavy atom. The lowest BCUT2D eigenvalue weighted by atomic mass is 10.0. The fraction of sp³-hybridized carbons (Fsp3) is 0.125. The van der Waals surface area contributed by atoms with Crippen LogP contribution >= 0.6 is 0 Å². The Balaban J connectivity index is 1.70. The van der Waals surface area contributed by atoms with Gasteiger partial charge in [-0.3, -0.25) is 0 Å². The smallest absolute Gasteiger partial charge is 0.336 e. The van der Waals surface area contributed by atoms with Crippen LogP contribution in [0.3, 0.4) is 0 Å². The highest BCUT2D eigenvalue weighted by atomic mass is 16.5. The van der Waals surface area contributed by atoms with Crippen LogP contribution in [0.15, 0.2) is 82.0 Å². The van der Waals surface area contributed by atoms with Crippen LogP contribution in [0.25, 0.3) is 22.1 Å². The van der Waals surface area contributed by atoms with E-state index in [1.54, 1.807) is 26.4 Å². The minimum Gasteiger partial charge on any atom is -0.496 e. The lowest BCUT2D eigenvalue weighted by Crippen LogP contribution is -2.00. The third kappa shape index (κ3) is 3.94. The highest BCUT2D eigenvalue weighted by molar-refractivity contribution is 5.98. The van der Waals surface area contributed by atoms with Gasteiger partial charge in [0.2, 0.25) is 0 Å². The van der Waals surface area contributed by atoms with E-state index in [9.17, 15) is 4.79 Å². The van der Waals surface area contributed by atoms with Crippen molar-refractivity contribution in [2.75, 3.05) is 14.2 Å². The molecule has 29 heavy (non-hydrogen) atoms. The average molecular weight is 388 g/mol. The molecule has 0 amide bonds. The van der Waals surface area contributed by atoms with Gasteiger partial charge in [0.05, 0.1) is 19.6 Å². The summed E-state index contributed by atoms with van der Waals surface area (Å²) in [6, 6.07) is 22.5. The summed E-state index contributed by atoms with van der Waals surface area (Å²) in [5, 5.41) is 0.714. The minimum absolute atomic E-state index is 0.410. The second kappa shape index (κ2) is 8.10. The molecule has 0 saturated carbocycles. The van der Waals surface area contributed by atoms with Gasteiger partial charge in [0.15, 0.2) is 0 Å². The van der Waals surface area contributed by atoms with E-state index in [0.29, 0.717) is 29.1 Å². The van der Waals surface area contributed by atoms with Crippen LogP contribution in [0.5, 0.6) is 17.2 Å². The molecule has 0 bridgehead atoms. The lowest BCUT2D eigenvalue weighted by Gasteiger charge is -2.12. The van der Waals surface area contributed by atoms with Gasteiger partial charge in [0, 0.05) is 23.8 Å². The maximum atomic E-state index is 12.1. The van der Waals surface area contributed by atoms with E-state index in [1.165, 1.54) is 6.07 Å². The SMILES string of the molecule is COc1cc(OC)c2c(-c3ccc(OCc4ccccc4)cc3)cc(=O)oc2c1. The molecule has 0 spiro atoms. The van der Waals surface area contributed by atoms with Crippen LogP contribution in [0.2, 0.25) is 0 Å². The van der Waals surface area contributed by atoms with Crippen molar-refractivity contribution in [3.8, 4) is 28.4 Å². The van der Waals surface area contributed by atoms with Crippen LogP contribution in [0.4, 0.5) is 0 Å². The number of hydrogen-bond acceptors (Lipinski definition) is 5. The Morgan fingerprint density at radius 3 is 2.28 bits per heavy atom. The summed E-state index contributed by atoms with van der Waals surface area (Å²) in [7, 11) is 3.13. The molecule has 0 saturated heterocycles. The molecule has 0 aliphatic heterocycles. The Kier molecular flexibility index (Phi) is 5.20. The van der Waals surface area contributed by atoms with Gasteiger partial charge in [0.25, 0.3) is 0 Å². The topological polar surface area (TPSA) is 57.9 Å². The Bertz CT molecular complexity index is 1180. The number of methoxy groups -OCH3 is 2. The van der Waals surface area contributed by atoms with Crippen LogP contribution < -0.4 is 19.8 Å². The fourth-order valence-electron chi connectivity index (χ4n) is 3.22. The van der Waals surface area contributed by atoms with Crippen molar-refractivity contribution in [1.82, 2.24) is 0 Å². The molecule has 1 aromatic heterocycles. The monoisotopic (exact) mass is 388 g/mol. The summed E-state index contributed by atoms with van der Waals surface area (Å²) in [6.07, 6.45) is 0. The summed E-state index contributed by atoms with van der Waals surface area (Å²) in [5.74, 6) is 1.88. The van der Waals surface area contributed by atoms with Gasteiger partial charge >= 0.3 is 5.63 Å². The molecular weight excluding hydrogens is 368 g/mol. The Labute approximate surface area is 168 Å². The molecule has 0 unspecified atom stereocenters. The number of ether oxygens (including phenoxy) is 3. The van der Waals surface area contributed by atoms with Crippen LogP contribution in [0.1, 0.15) is 5.56 Å². The van der Waals surface area contributed by atoms with Crippen LogP contribution in [-0.4, -0.2) is 14.2 Å². The molecule has 0 N–H and O–H groups in total. The average Bonchev–Trinajstić information content (AvgIpc) is 2.77. The van der Waals surface area contributed by atoms with E-state index in [0.717, 1.165) is 22.4 Å². The molecule has 0 radical (unpaired) electrons. The highest BCUT2D eigenvalue weighted by Crippen LogP contribution is 2.37. The maximum absolute atomic E-state index is 12.1. The van der Waals surface area contributed by atoms with E-state index in [1.807, 2.05) is 54.6 Å². The summed E-state index contributed by atoms with van der Waals surface area (Å²) < 4.78 is 22.0. The summed E-state index contributed by atoms with van der Waals surface area (Å²) >= 11 is 0. The number of rotatable bonds is 6. The van der Waals surface area contributed by atoms with Gasteiger partial charge < -0.3 is 18.6 Å². The molecular formula is C24H20O5.